The normalized spacial score (nSPS) is 19.2. The Morgan fingerprint density at radius 1 is 1.11 bits per heavy atom. The van der Waals surface area contributed by atoms with Crippen molar-refractivity contribution >= 4 is 17.5 Å². The van der Waals surface area contributed by atoms with Crippen molar-refractivity contribution in [1.82, 2.24) is 29.4 Å². The van der Waals surface area contributed by atoms with Crippen LogP contribution in [0.15, 0.2) is 36.5 Å². The van der Waals surface area contributed by atoms with E-state index in [9.17, 15) is 4.79 Å². The van der Waals surface area contributed by atoms with Crippen LogP contribution >= 0.6 is 11.6 Å². The van der Waals surface area contributed by atoms with Crippen LogP contribution in [0.1, 0.15) is 48.0 Å². The van der Waals surface area contributed by atoms with Gasteiger partial charge in [0.25, 0.3) is 5.91 Å². The number of benzene rings is 1. The van der Waals surface area contributed by atoms with Crippen LogP contribution < -0.4 is 0 Å². The van der Waals surface area contributed by atoms with Gasteiger partial charge in [-0.1, -0.05) is 11.6 Å². The maximum atomic E-state index is 12.9. The van der Waals surface area contributed by atoms with Crippen molar-refractivity contribution in [3.8, 4) is 11.5 Å². The van der Waals surface area contributed by atoms with Gasteiger partial charge in [-0.3, -0.25) is 9.48 Å². The molecule has 0 radical (unpaired) electrons. The summed E-state index contributed by atoms with van der Waals surface area (Å²) in [6.07, 6.45) is 4.40. The number of amides is 1. The van der Waals surface area contributed by atoms with Gasteiger partial charge in [0.2, 0.25) is 0 Å². The van der Waals surface area contributed by atoms with Crippen LogP contribution in [0, 0.1) is 0 Å². The Hall–Kier alpha value is -2.67. The van der Waals surface area contributed by atoms with E-state index in [1.807, 2.05) is 28.8 Å². The standard InChI is InChI=1S/C19H19ClN6O/c1-12-17-21-22-18(16-8-9-26(23-16)15-6-7-15)25(17)11-10-24(12)19(27)13-2-4-14(20)5-3-13/h2-5,8-9,12,15H,6-7,10-11H2,1H3/t12-/m1/s1. The molecule has 1 amide bonds. The highest BCUT2D eigenvalue weighted by molar-refractivity contribution is 6.30. The first-order valence-corrected chi connectivity index (χ1v) is 9.55. The molecule has 1 fully saturated rings. The summed E-state index contributed by atoms with van der Waals surface area (Å²) in [7, 11) is 0. The van der Waals surface area contributed by atoms with Crippen molar-refractivity contribution in [3.05, 3.63) is 52.9 Å². The molecule has 1 saturated carbocycles. The number of hydrogen-bond donors (Lipinski definition) is 0. The van der Waals surface area contributed by atoms with Gasteiger partial charge in [-0.25, -0.2) is 0 Å². The molecular weight excluding hydrogens is 364 g/mol. The smallest absolute Gasteiger partial charge is 0.254 e. The molecule has 1 aromatic carbocycles. The number of aromatic nitrogens is 5. The minimum Gasteiger partial charge on any atom is -0.327 e. The van der Waals surface area contributed by atoms with Gasteiger partial charge in [0, 0.05) is 29.9 Å². The van der Waals surface area contributed by atoms with Gasteiger partial charge < -0.3 is 9.47 Å². The summed E-state index contributed by atoms with van der Waals surface area (Å²) in [4.78, 5) is 14.7. The number of fused-ring (bicyclic) bond motifs is 1. The highest BCUT2D eigenvalue weighted by Gasteiger charge is 2.33. The van der Waals surface area contributed by atoms with Gasteiger partial charge in [0.05, 0.1) is 12.1 Å². The molecule has 138 valence electrons. The van der Waals surface area contributed by atoms with E-state index in [0.29, 0.717) is 29.7 Å². The fourth-order valence-corrected chi connectivity index (χ4v) is 3.74. The number of nitrogens with zero attached hydrogens (tertiary/aromatic N) is 6. The molecular formula is C19H19ClN6O. The van der Waals surface area contributed by atoms with Crippen molar-refractivity contribution in [2.75, 3.05) is 6.54 Å². The molecule has 1 aliphatic heterocycles. The lowest BCUT2D eigenvalue weighted by atomic mass is 10.1. The summed E-state index contributed by atoms with van der Waals surface area (Å²) in [6, 6.07) is 9.35. The summed E-state index contributed by atoms with van der Waals surface area (Å²) in [6.45, 7) is 3.24. The minimum absolute atomic E-state index is 0.0204. The summed E-state index contributed by atoms with van der Waals surface area (Å²) in [5.41, 5.74) is 1.47. The van der Waals surface area contributed by atoms with Gasteiger partial charge in [0.1, 0.15) is 5.69 Å². The molecule has 2 aliphatic rings. The lowest BCUT2D eigenvalue weighted by Gasteiger charge is -2.33. The van der Waals surface area contributed by atoms with E-state index in [2.05, 4.69) is 19.9 Å². The predicted molar refractivity (Wildman–Crippen MR) is 100 cm³/mol. The largest absolute Gasteiger partial charge is 0.327 e. The van der Waals surface area contributed by atoms with E-state index in [1.54, 1.807) is 24.3 Å². The highest BCUT2D eigenvalue weighted by atomic mass is 35.5. The maximum absolute atomic E-state index is 12.9. The van der Waals surface area contributed by atoms with Crippen molar-refractivity contribution in [1.29, 1.82) is 0 Å². The van der Waals surface area contributed by atoms with E-state index < -0.39 is 0 Å². The number of carbonyl (C=O) groups is 1. The van der Waals surface area contributed by atoms with Crippen LogP contribution in [0.2, 0.25) is 5.02 Å². The third kappa shape index (κ3) is 2.82. The highest BCUT2D eigenvalue weighted by Crippen LogP contribution is 2.35. The zero-order valence-corrected chi connectivity index (χ0v) is 15.7. The molecule has 0 N–H and O–H groups in total. The zero-order chi connectivity index (χ0) is 18.5. The van der Waals surface area contributed by atoms with Crippen LogP contribution in [-0.4, -0.2) is 41.9 Å². The fourth-order valence-electron chi connectivity index (χ4n) is 3.61. The topological polar surface area (TPSA) is 68.8 Å². The molecule has 0 spiro atoms. The number of hydrogen-bond acceptors (Lipinski definition) is 4. The first-order chi connectivity index (χ1) is 13.1. The van der Waals surface area contributed by atoms with Crippen LogP contribution in [0.25, 0.3) is 11.5 Å². The monoisotopic (exact) mass is 382 g/mol. The predicted octanol–water partition coefficient (Wildman–Crippen LogP) is 3.35. The van der Waals surface area contributed by atoms with Crippen LogP contribution in [0.3, 0.4) is 0 Å². The Labute approximate surface area is 161 Å². The van der Waals surface area contributed by atoms with E-state index in [-0.39, 0.29) is 11.9 Å². The van der Waals surface area contributed by atoms with E-state index in [0.717, 1.165) is 17.3 Å². The molecule has 2 aromatic heterocycles. The summed E-state index contributed by atoms with van der Waals surface area (Å²) in [5, 5.41) is 14.0. The molecule has 0 bridgehead atoms. The average Bonchev–Trinajstić information content (AvgIpc) is 3.24. The van der Waals surface area contributed by atoms with E-state index in [4.69, 9.17) is 11.6 Å². The second-order valence-electron chi connectivity index (χ2n) is 7.13. The van der Waals surface area contributed by atoms with E-state index in [1.165, 1.54) is 12.8 Å². The molecule has 0 unspecified atom stereocenters. The lowest BCUT2D eigenvalue weighted by Crippen LogP contribution is -2.41. The quantitative estimate of drug-likeness (QED) is 0.696. The fraction of sp³-hybridized carbons (Fsp3) is 0.368. The van der Waals surface area contributed by atoms with Crippen LogP contribution in [0.5, 0.6) is 0 Å². The number of halogens is 1. The zero-order valence-electron chi connectivity index (χ0n) is 14.9. The Morgan fingerprint density at radius 2 is 1.89 bits per heavy atom. The number of carbonyl (C=O) groups excluding carboxylic acids is 1. The molecule has 3 aromatic rings. The molecule has 5 rings (SSSR count). The van der Waals surface area contributed by atoms with Crippen LogP contribution in [-0.2, 0) is 6.54 Å². The van der Waals surface area contributed by atoms with Gasteiger partial charge in [-0.2, -0.15) is 5.10 Å². The number of rotatable bonds is 3. The van der Waals surface area contributed by atoms with Crippen molar-refractivity contribution < 1.29 is 4.79 Å². The molecule has 1 aliphatic carbocycles. The van der Waals surface area contributed by atoms with Gasteiger partial charge in [-0.05, 0) is 50.1 Å². The molecule has 8 heteroatoms. The van der Waals surface area contributed by atoms with Crippen molar-refractivity contribution in [2.24, 2.45) is 0 Å². The lowest BCUT2D eigenvalue weighted by molar-refractivity contribution is 0.0638. The van der Waals surface area contributed by atoms with E-state index >= 15 is 0 Å². The Morgan fingerprint density at radius 3 is 2.63 bits per heavy atom. The summed E-state index contributed by atoms with van der Waals surface area (Å²) < 4.78 is 4.09. The molecule has 1 atom stereocenters. The molecule has 7 nitrogen and oxygen atoms in total. The first kappa shape index (κ1) is 16.5. The Balaban J connectivity index is 1.42. The summed E-state index contributed by atoms with van der Waals surface area (Å²) >= 11 is 5.93. The van der Waals surface area contributed by atoms with Gasteiger partial charge >= 0.3 is 0 Å². The molecule has 27 heavy (non-hydrogen) atoms. The molecule has 3 heterocycles. The minimum atomic E-state index is -0.159. The maximum Gasteiger partial charge on any atom is 0.254 e. The third-order valence-electron chi connectivity index (χ3n) is 5.30. The van der Waals surface area contributed by atoms with Crippen molar-refractivity contribution in [2.45, 2.75) is 38.4 Å². The SMILES string of the molecule is C[C@@H]1c2nnc(-c3ccn(C4CC4)n3)n2CCN1C(=O)c1ccc(Cl)cc1. The second-order valence-corrected chi connectivity index (χ2v) is 7.56. The Kier molecular flexibility index (Phi) is 3.79. The second kappa shape index (κ2) is 6.20. The third-order valence-corrected chi connectivity index (χ3v) is 5.55. The summed E-state index contributed by atoms with van der Waals surface area (Å²) in [5.74, 6) is 1.54. The average molecular weight is 383 g/mol. The van der Waals surface area contributed by atoms with Crippen molar-refractivity contribution in [3.63, 3.8) is 0 Å². The first-order valence-electron chi connectivity index (χ1n) is 9.17. The van der Waals surface area contributed by atoms with Gasteiger partial charge in [-0.15, -0.1) is 10.2 Å². The molecule has 0 saturated heterocycles. The Bertz CT molecular complexity index is 1000. The van der Waals surface area contributed by atoms with Gasteiger partial charge in [0.15, 0.2) is 11.6 Å². The van der Waals surface area contributed by atoms with Crippen LogP contribution in [0.4, 0.5) is 0 Å².